The van der Waals surface area contributed by atoms with Gasteiger partial charge in [-0.3, -0.25) is 0 Å². The van der Waals surface area contributed by atoms with E-state index in [2.05, 4.69) is 58.2 Å². The fourth-order valence-electron chi connectivity index (χ4n) is 8.15. The van der Waals surface area contributed by atoms with E-state index in [1.165, 1.54) is 55.3 Å². The number of allylic oxidation sites excluding steroid dienone is 6. The van der Waals surface area contributed by atoms with Crippen LogP contribution in [0.15, 0.2) is 59.0 Å². The number of nitriles is 2. The molecule has 1 heterocycles. The Labute approximate surface area is 244 Å². The highest BCUT2D eigenvalue weighted by Gasteiger charge is 2.43. The van der Waals surface area contributed by atoms with E-state index in [0.29, 0.717) is 0 Å². The molecular formula is C36H28N4S. The van der Waals surface area contributed by atoms with Crippen molar-refractivity contribution in [1.29, 1.82) is 10.5 Å². The molecule has 4 nitrogen and oxygen atoms in total. The molecule has 4 aliphatic carbocycles. The van der Waals surface area contributed by atoms with Gasteiger partial charge in [0, 0.05) is 31.0 Å². The zero-order valence-electron chi connectivity index (χ0n) is 22.9. The van der Waals surface area contributed by atoms with E-state index >= 15 is 0 Å². The van der Waals surface area contributed by atoms with E-state index in [0.717, 1.165) is 62.5 Å². The minimum absolute atomic E-state index is 0.128. The second-order valence-corrected chi connectivity index (χ2v) is 13.0. The fraction of sp³-hybridized carbons (Fsp3) is 0.333. The van der Waals surface area contributed by atoms with Gasteiger partial charge in [0.2, 0.25) is 0 Å². The number of benzene rings is 2. The highest BCUT2D eigenvalue weighted by atomic mass is 32.1. The minimum Gasteiger partial charge on any atom is -0.227 e. The van der Waals surface area contributed by atoms with Crippen molar-refractivity contribution in [1.82, 2.24) is 0 Å². The van der Waals surface area contributed by atoms with E-state index in [4.69, 9.17) is 13.1 Å². The number of hydrogen-bond donors (Lipinski definition) is 0. The van der Waals surface area contributed by atoms with Crippen molar-refractivity contribution in [2.45, 2.75) is 75.0 Å². The first kappa shape index (κ1) is 25.5. The molecule has 198 valence electrons. The maximum atomic E-state index is 9.51. The number of thiophene rings is 1. The van der Waals surface area contributed by atoms with Gasteiger partial charge in [0.05, 0.1) is 25.3 Å². The van der Waals surface area contributed by atoms with Crippen LogP contribution in [0.5, 0.6) is 0 Å². The van der Waals surface area contributed by atoms with Crippen molar-refractivity contribution >= 4 is 43.7 Å². The third-order valence-corrected chi connectivity index (χ3v) is 11.2. The highest BCUT2D eigenvalue weighted by Crippen LogP contribution is 2.56. The first-order chi connectivity index (χ1) is 20.0. The van der Waals surface area contributed by atoms with E-state index in [1.54, 1.807) is 0 Å². The molecule has 0 N–H and O–H groups in total. The van der Waals surface area contributed by atoms with Crippen molar-refractivity contribution in [2.75, 3.05) is 0 Å². The fourth-order valence-corrected chi connectivity index (χ4v) is 9.32. The molecule has 2 spiro atoms. The molecule has 1 aromatic heterocycles. The maximum Gasteiger partial charge on any atom is 0.262 e. The van der Waals surface area contributed by atoms with Gasteiger partial charge >= 0.3 is 0 Å². The summed E-state index contributed by atoms with van der Waals surface area (Å²) in [6.07, 6.45) is 19.4. The molecule has 2 saturated carbocycles. The quantitative estimate of drug-likeness (QED) is 0.236. The minimum atomic E-state index is -0.128. The predicted octanol–water partition coefficient (Wildman–Crippen LogP) is 9.91. The summed E-state index contributed by atoms with van der Waals surface area (Å²) in [5.41, 5.74) is 7.46. The molecule has 3 aromatic rings. The molecule has 5 heteroatoms. The molecule has 0 bridgehead atoms. The van der Waals surface area contributed by atoms with Crippen molar-refractivity contribution in [3.8, 4) is 12.1 Å². The van der Waals surface area contributed by atoms with Gasteiger partial charge in [0.25, 0.3) is 11.4 Å². The van der Waals surface area contributed by atoms with Crippen LogP contribution in [0.1, 0.15) is 86.5 Å². The second kappa shape index (κ2) is 9.60. The average Bonchev–Trinajstić information content (AvgIpc) is 3.60. The predicted molar refractivity (Wildman–Crippen MR) is 165 cm³/mol. The molecule has 2 fully saturated rings. The Morgan fingerprint density at radius 2 is 1.10 bits per heavy atom. The van der Waals surface area contributed by atoms with Crippen LogP contribution in [0.2, 0.25) is 0 Å². The summed E-state index contributed by atoms with van der Waals surface area (Å²) in [6.45, 7) is 14.9. The standard InChI is InChI=1S/C36H28N4S/c1-39-27(21-37)17-25-13-23-15-33-29(19-31(23)35(25)9-5-3-6-10-35)30-20-32-24(16-34(30)41-33)14-26(18-28(22-38)40-2)36(32)11-7-4-8-12-36/h13-20H,3-12H2/b27-17-,28-18+. The van der Waals surface area contributed by atoms with E-state index < -0.39 is 0 Å². The summed E-state index contributed by atoms with van der Waals surface area (Å²) in [5.74, 6) is 0. The number of nitrogens with zero attached hydrogens (tertiary/aromatic N) is 4. The normalized spacial score (nSPS) is 20.6. The molecule has 0 radical (unpaired) electrons. The van der Waals surface area contributed by atoms with Crippen molar-refractivity contribution in [3.05, 3.63) is 104 Å². The summed E-state index contributed by atoms with van der Waals surface area (Å²) in [5, 5.41) is 21.6. The highest BCUT2D eigenvalue weighted by molar-refractivity contribution is 7.25. The Bertz CT molecular complexity index is 1770. The Hall–Kier alpha value is -4.42. The molecular weight excluding hydrogens is 520 g/mol. The first-order valence-corrected chi connectivity index (χ1v) is 15.3. The van der Waals surface area contributed by atoms with Gasteiger partial charge in [-0.05, 0) is 95.5 Å². The molecule has 7 rings (SSSR count). The zero-order valence-corrected chi connectivity index (χ0v) is 23.7. The molecule has 41 heavy (non-hydrogen) atoms. The maximum absolute atomic E-state index is 9.51. The Morgan fingerprint density at radius 1 is 0.683 bits per heavy atom. The topological polar surface area (TPSA) is 56.3 Å². The molecule has 0 atom stereocenters. The van der Waals surface area contributed by atoms with Gasteiger partial charge in [0.15, 0.2) is 0 Å². The Kier molecular flexibility index (Phi) is 5.98. The number of fused-ring (bicyclic) bond motifs is 7. The lowest BCUT2D eigenvalue weighted by molar-refractivity contribution is 0.350. The molecule has 2 aromatic carbocycles. The molecule has 0 unspecified atom stereocenters. The first-order valence-electron chi connectivity index (χ1n) is 14.5. The summed E-state index contributed by atoms with van der Waals surface area (Å²) >= 11 is 1.82. The van der Waals surface area contributed by atoms with E-state index in [9.17, 15) is 10.5 Å². The van der Waals surface area contributed by atoms with E-state index in [-0.39, 0.29) is 22.2 Å². The number of rotatable bonds is 2. The van der Waals surface area contributed by atoms with Crippen LogP contribution >= 0.6 is 11.3 Å². The summed E-state index contributed by atoms with van der Waals surface area (Å²) in [6, 6.07) is 13.7. The van der Waals surface area contributed by atoms with Crippen LogP contribution in [0, 0.1) is 35.8 Å². The monoisotopic (exact) mass is 548 g/mol. The molecule has 0 saturated heterocycles. The van der Waals surface area contributed by atoms with E-state index in [1.807, 2.05) is 23.5 Å². The third kappa shape index (κ3) is 3.74. The molecule has 0 aliphatic heterocycles. The van der Waals surface area contributed by atoms with Crippen molar-refractivity contribution < 1.29 is 0 Å². The average molecular weight is 549 g/mol. The summed E-state index contributed by atoms with van der Waals surface area (Å²) in [4.78, 5) is 6.95. The SMILES string of the molecule is [C-]#[N+]/C(C#N)=C\C1=Cc2cc3sc4cc5c(cc4c3cc2C12CCCCC2)C1(CCCCC1)C(/C=C(\C#N)[N+]#[C-])=C5. The van der Waals surface area contributed by atoms with Gasteiger partial charge < -0.3 is 0 Å². The molecule has 0 amide bonds. The zero-order chi connectivity index (χ0) is 28.2. The molecule has 4 aliphatic rings. The Balaban J connectivity index is 1.42. The van der Waals surface area contributed by atoms with Crippen molar-refractivity contribution in [2.24, 2.45) is 0 Å². The summed E-state index contributed by atoms with van der Waals surface area (Å²) < 4.78 is 2.53. The number of hydrogen-bond acceptors (Lipinski definition) is 3. The Morgan fingerprint density at radius 3 is 1.46 bits per heavy atom. The largest absolute Gasteiger partial charge is 0.262 e. The van der Waals surface area contributed by atoms with Crippen molar-refractivity contribution in [3.63, 3.8) is 0 Å². The van der Waals surface area contributed by atoms with Gasteiger partial charge in [-0.15, -0.1) is 11.3 Å². The summed E-state index contributed by atoms with van der Waals surface area (Å²) in [7, 11) is 0. The van der Waals surface area contributed by atoms with Crippen LogP contribution in [0.4, 0.5) is 0 Å². The van der Waals surface area contributed by atoms with Gasteiger partial charge in [-0.1, -0.05) is 50.7 Å². The van der Waals surface area contributed by atoms with Gasteiger partial charge in [-0.25, -0.2) is 20.2 Å². The second-order valence-electron chi connectivity index (χ2n) is 12.0. The van der Waals surface area contributed by atoms with Crippen LogP contribution in [-0.2, 0) is 10.8 Å². The lowest BCUT2D eigenvalue weighted by Gasteiger charge is -2.37. The smallest absolute Gasteiger partial charge is 0.227 e. The lowest BCUT2D eigenvalue weighted by atomic mass is 9.66. The van der Waals surface area contributed by atoms with Crippen LogP contribution in [0.25, 0.3) is 42.0 Å². The van der Waals surface area contributed by atoms with Crippen LogP contribution < -0.4 is 0 Å². The lowest BCUT2D eigenvalue weighted by Crippen LogP contribution is -2.29. The van der Waals surface area contributed by atoms with Crippen LogP contribution in [0.3, 0.4) is 0 Å². The third-order valence-electron chi connectivity index (χ3n) is 10.0. The van der Waals surface area contributed by atoms with Crippen LogP contribution in [-0.4, -0.2) is 0 Å². The van der Waals surface area contributed by atoms with Gasteiger partial charge in [-0.2, -0.15) is 0 Å². The van der Waals surface area contributed by atoms with Gasteiger partial charge in [0.1, 0.15) is 0 Å².